The number of carboxylic acid groups (broad SMARTS) is 1. The van der Waals surface area contributed by atoms with Crippen molar-refractivity contribution in [3.05, 3.63) is 53.7 Å². The van der Waals surface area contributed by atoms with Crippen molar-refractivity contribution in [2.75, 3.05) is 12.4 Å². The van der Waals surface area contributed by atoms with E-state index in [2.05, 4.69) is 10.3 Å². The lowest BCUT2D eigenvalue weighted by atomic mass is 10.1. The molecule has 0 fully saturated rings. The number of pyridine rings is 1. The molecule has 0 aliphatic heterocycles. The number of nitrogens with zero attached hydrogens (tertiary/aromatic N) is 1. The zero-order chi connectivity index (χ0) is 17.3. The number of hydrogen-bond acceptors (Lipinski definition) is 5. The second kappa shape index (κ2) is 6.08. The Kier molecular flexibility index (Phi) is 3.95. The molecule has 0 spiro atoms. The van der Waals surface area contributed by atoms with Gasteiger partial charge in [0.15, 0.2) is 0 Å². The highest BCUT2D eigenvalue weighted by atomic mass is 16.5. The topological polar surface area (TPSA) is 91.7 Å². The molecule has 0 amide bonds. The minimum absolute atomic E-state index is 0.141. The zero-order valence-corrected chi connectivity index (χ0v) is 13.2. The molecule has 0 atom stereocenters. The van der Waals surface area contributed by atoms with Crippen LogP contribution < -0.4 is 10.1 Å². The zero-order valence-electron chi connectivity index (χ0n) is 13.2. The Morgan fingerprint density at radius 3 is 2.62 bits per heavy atom. The van der Waals surface area contributed by atoms with Gasteiger partial charge < -0.3 is 20.3 Å². The fraction of sp³-hybridized carbons (Fsp3) is 0.111. The first-order valence-electron chi connectivity index (χ1n) is 7.26. The molecule has 0 saturated carbocycles. The molecule has 3 N–H and O–H groups in total. The number of carboxylic acids is 1. The van der Waals surface area contributed by atoms with Gasteiger partial charge in [0.2, 0.25) is 0 Å². The average Bonchev–Trinajstić information content (AvgIpc) is 2.54. The Balaban J connectivity index is 2.06. The van der Waals surface area contributed by atoms with Crippen molar-refractivity contribution in [2.45, 2.75) is 6.92 Å². The molecular formula is C18H16N2O4. The molecule has 24 heavy (non-hydrogen) atoms. The first-order valence-corrected chi connectivity index (χ1v) is 7.26. The molecule has 2 aromatic carbocycles. The number of fused-ring (bicyclic) bond motifs is 1. The molecule has 0 radical (unpaired) electrons. The van der Waals surface area contributed by atoms with Gasteiger partial charge in [-0.2, -0.15) is 0 Å². The Morgan fingerprint density at radius 2 is 1.96 bits per heavy atom. The van der Waals surface area contributed by atoms with Crippen LogP contribution in [0.5, 0.6) is 11.5 Å². The van der Waals surface area contributed by atoms with Crippen molar-refractivity contribution in [2.24, 2.45) is 0 Å². The predicted molar refractivity (Wildman–Crippen MR) is 91.4 cm³/mol. The van der Waals surface area contributed by atoms with Crippen LogP contribution >= 0.6 is 0 Å². The quantitative estimate of drug-likeness (QED) is 0.678. The third-order valence-electron chi connectivity index (χ3n) is 3.65. The highest BCUT2D eigenvalue weighted by Gasteiger charge is 2.11. The summed E-state index contributed by atoms with van der Waals surface area (Å²) in [5.74, 6) is -0.755. The number of aromatic nitrogens is 1. The summed E-state index contributed by atoms with van der Waals surface area (Å²) in [6.45, 7) is 1.89. The molecular weight excluding hydrogens is 308 g/mol. The highest BCUT2D eigenvalue weighted by Crippen LogP contribution is 2.31. The number of rotatable bonds is 4. The van der Waals surface area contributed by atoms with Gasteiger partial charge in [-0.15, -0.1) is 0 Å². The van der Waals surface area contributed by atoms with Crippen LogP contribution in [0.4, 0.5) is 11.4 Å². The van der Waals surface area contributed by atoms with Crippen molar-refractivity contribution in [1.82, 2.24) is 4.98 Å². The van der Waals surface area contributed by atoms with Crippen LogP contribution in [0.25, 0.3) is 10.9 Å². The number of nitrogens with one attached hydrogen (secondary N) is 1. The van der Waals surface area contributed by atoms with Crippen LogP contribution in [0.2, 0.25) is 0 Å². The summed E-state index contributed by atoms with van der Waals surface area (Å²) in [5, 5.41) is 22.9. The number of phenols is 1. The molecule has 0 aliphatic rings. The first kappa shape index (κ1) is 15.6. The maximum absolute atomic E-state index is 11.0. The summed E-state index contributed by atoms with van der Waals surface area (Å²) in [6, 6.07) is 11.8. The minimum Gasteiger partial charge on any atom is -0.507 e. The number of aromatic hydroxyl groups is 1. The van der Waals surface area contributed by atoms with Crippen molar-refractivity contribution < 1.29 is 19.7 Å². The SMILES string of the molecule is COc1ccc2nc(C)cc(Nc3ccc(C(=O)O)c(O)c3)c2c1. The van der Waals surface area contributed by atoms with Gasteiger partial charge in [0.25, 0.3) is 0 Å². The lowest BCUT2D eigenvalue weighted by Crippen LogP contribution is -1.99. The molecule has 0 unspecified atom stereocenters. The fourth-order valence-corrected chi connectivity index (χ4v) is 2.51. The molecule has 122 valence electrons. The van der Waals surface area contributed by atoms with Crippen LogP contribution in [-0.4, -0.2) is 28.3 Å². The molecule has 1 aromatic heterocycles. The predicted octanol–water partition coefficient (Wildman–Crippen LogP) is 3.70. The smallest absolute Gasteiger partial charge is 0.339 e. The van der Waals surface area contributed by atoms with Gasteiger partial charge in [-0.3, -0.25) is 4.98 Å². The second-order valence-electron chi connectivity index (χ2n) is 5.36. The number of methoxy groups -OCH3 is 1. The molecule has 0 aliphatic carbocycles. The van der Waals surface area contributed by atoms with Crippen molar-refractivity contribution in [3.63, 3.8) is 0 Å². The number of anilines is 2. The lowest BCUT2D eigenvalue weighted by molar-refractivity contribution is 0.0694. The van der Waals surface area contributed by atoms with E-state index >= 15 is 0 Å². The lowest BCUT2D eigenvalue weighted by Gasteiger charge is -2.12. The van der Waals surface area contributed by atoms with Gasteiger partial charge >= 0.3 is 5.97 Å². The molecule has 0 saturated heterocycles. The van der Waals surface area contributed by atoms with Crippen LogP contribution in [0.3, 0.4) is 0 Å². The van der Waals surface area contributed by atoms with Crippen molar-refractivity contribution >= 4 is 28.2 Å². The van der Waals surface area contributed by atoms with E-state index < -0.39 is 5.97 Å². The first-order chi connectivity index (χ1) is 11.5. The third-order valence-corrected chi connectivity index (χ3v) is 3.65. The van der Waals surface area contributed by atoms with Crippen LogP contribution in [0.1, 0.15) is 16.1 Å². The number of aromatic carboxylic acids is 1. The van der Waals surface area contributed by atoms with Crippen LogP contribution in [0, 0.1) is 6.92 Å². The Labute approximate surface area is 138 Å². The standard InChI is InChI=1S/C18H16N2O4/c1-10-7-16(14-9-12(24-2)4-6-15(14)19-10)20-11-3-5-13(18(22)23)17(21)8-11/h3-9,21H,1-2H3,(H,19,20)(H,22,23). The number of hydrogen-bond donors (Lipinski definition) is 3. The van der Waals surface area contributed by atoms with Gasteiger partial charge in [0.05, 0.1) is 12.6 Å². The van der Waals surface area contributed by atoms with E-state index in [9.17, 15) is 9.90 Å². The Morgan fingerprint density at radius 1 is 1.17 bits per heavy atom. The van der Waals surface area contributed by atoms with Gasteiger partial charge in [-0.05, 0) is 43.3 Å². The van der Waals surface area contributed by atoms with Gasteiger partial charge in [-0.25, -0.2) is 4.79 Å². The van der Waals surface area contributed by atoms with E-state index in [0.717, 1.165) is 22.3 Å². The van der Waals surface area contributed by atoms with Crippen LogP contribution in [0.15, 0.2) is 42.5 Å². The Bertz CT molecular complexity index is 938. The summed E-state index contributed by atoms with van der Waals surface area (Å²) in [4.78, 5) is 15.5. The molecule has 3 aromatic rings. The monoisotopic (exact) mass is 324 g/mol. The number of ether oxygens (including phenoxy) is 1. The highest BCUT2D eigenvalue weighted by molar-refractivity contribution is 5.95. The normalized spacial score (nSPS) is 10.6. The summed E-state index contributed by atoms with van der Waals surface area (Å²) in [5.41, 5.74) is 2.87. The summed E-state index contributed by atoms with van der Waals surface area (Å²) < 4.78 is 5.26. The number of aryl methyl sites for hydroxylation is 1. The number of benzene rings is 2. The second-order valence-corrected chi connectivity index (χ2v) is 5.36. The van der Waals surface area contributed by atoms with E-state index in [1.165, 1.54) is 12.1 Å². The molecule has 3 rings (SSSR count). The van der Waals surface area contributed by atoms with Gasteiger partial charge in [0.1, 0.15) is 17.1 Å². The molecule has 1 heterocycles. The van der Waals surface area contributed by atoms with Gasteiger partial charge in [0, 0.05) is 28.5 Å². The third kappa shape index (κ3) is 2.94. The Hall–Kier alpha value is -3.28. The van der Waals surface area contributed by atoms with E-state index in [4.69, 9.17) is 9.84 Å². The molecule has 6 heteroatoms. The fourth-order valence-electron chi connectivity index (χ4n) is 2.51. The minimum atomic E-state index is -1.17. The van der Waals surface area contributed by atoms with E-state index in [-0.39, 0.29) is 11.3 Å². The van der Waals surface area contributed by atoms with E-state index in [1.807, 2.05) is 31.2 Å². The maximum Gasteiger partial charge on any atom is 0.339 e. The number of carbonyl (C=O) groups is 1. The van der Waals surface area contributed by atoms with Crippen molar-refractivity contribution in [1.29, 1.82) is 0 Å². The van der Waals surface area contributed by atoms with Gasteiger partial charge in [-0.1, -0.05) is 0 Å². The average molecular weight is 324 g/mol. The molecule has 0 bridgehead atoms. The summed E-state index contributed by atoms with van der Waals surface area (Å²) >= 11 is 0. The van der Waals surface area contributed by atoms with Crippen LogP contribution in [-0.2, 0) is 0 Å². The van der Waals surface area contributed by atoms with E-state index in [1.54, 1.807) is 13.2 Å². The maximum atomic E-state index is 11.0. The van der Waals surface area contributed by atoms with Crippen molar-refractivity contribution in [3.8, 4) is 11.5 Å². The summed E-state index contributed by atoms with van der Waals surface area (Å²) in [7, 11) is 1.60. The summed E-state index contributed by atoms with van der Waals surface area (Å²) in [6.07, 6.45) is 0. The van der Waals surface area contributed by atoms with E-state index in [0.29, 0.717) is 11.4 Å². The molecule has 6 nitrogen and oxygen atoms in total. The largest absolute Gasteiger partial charge is 0.507 e.